The van der Waals surface area contributed by atoms with Crippen LogP contribution in [-0.4, -0.2) is 67.7 Å². The lowest BCUT2D eigenvalue weighted by molar-refractivity contribution is -0.181. The maximum absolute atomic E-state index is 12.9. The molecule has 1 unspecified atom stereocenters. The number of hydrogen-bond acceptors (Lipinski definition) is 2. The van der Waals surface area contributed by atoms with Crippen molar-refractivity contribution >= 4 is 5.96 Å². The van der Waals surface area contributed by atoms with Gasteiger partial charge in [0.1, 0.15) is 6.04 Å². The third-order valence-electron chi connectivity index (χ3n) is 5.67. The van der Waals surface area contributed by atoms with Crippen LogP contribution in [0.4, 0.5) is 13.2 Å². The molecule has 0 spiro atoms. The number of benzene rings is 1. The molecule has 26 heavy (non-hydrogen) atoms. The quantitative estimate of drug-likeness (QED) is 0.655. The normalized spacial score (nSPS) is 22.2. The second-order valence-electron chi connectivity index (χ2n) is 7.29. The van der Waals surface area contributed by atoms with E-state index in [9.17, 15) is 13.2 Å². The molecule has 1 aromatic rings. The number of piperazine rings is 1. The molecule has 1 atom stereocenters. The summed E-state index contributed by atoms with van der Waals surface area (Å²) in [6.45, 7) is 3.94. The van der Waals surface area contributed by atoms with Gasteiger partial charge in [-0.05, 0) is 25.3 Å². The van der Waals surface area contributed by atoms with Crippen LogP contribution in [0.3, 0.4) is 0 Å². The highest BCUT2D eigenvalue weighted by Crippen LogP contribution is 2.47. The zero-order valence-electron chi connectivity index (χ0n) is 15.4. The zero-order valence-corrected chi connectivity index (χ0v) is 15.4. The van der Waals surface area contributed by atoms with Gasteiger partial charge >= 0.3 is 6.18 Å². The van der Waals surface area contributed by atoms with Crippen molar-refractivity contribution in [3.63, 3.8) is 0 Å². The number of hydrogen-bond donors (Lipinski definition) is 1. The van der Waals surface area contributed by atoms with E-state index in [0.717, 1.165) is 25.3 Å². The monoisotopic (exact) mass is 368 g/mol. The minimum absolute atomic E-state index is 0.170. The minimum atomic E-state index is -4.17. The van der Waals surface area contributed by atoms with Gasteiger partial charge < -0.3 is 10.2 Å². The largest absolute Gasteiger partial charge is 0.403 e. The first-order chi connectivity index (χ1) is 12.4. The van der Waals surface area contributed by atoms with E-state index < -0.39 is 12.2 Å². The number of nitrogens with one attached hydrogen (secondary N) is 1. The van der Waals surface area contributed by atoms with Crippen molar-refractivity contribution in [1.29, 1.82) is 0 Å². The molecule has 2 aliphatic rings. The number of halogens is 3. The standard InChI is InChI=1S/C19H27F3N4/c1-15(19(20,21)22)25-10-12-26(13-11-25)17(23-2)24-14-18(8-9-18)16-6-4-3-5-7-16/h3-7,15H,8-14H2,1-2H3,(H,23,24). The zero-order chi connectivity index (χ0) is 18.8. The van der Waals surface area contributed by atoms with Gasteiger partial charge in [-0.15, -0.1) is 0 Å². The van der Waals surface area contributed by atoms with E-state index in [-0.39, 0.29) is 5.41 Å². The van der Waals surface area contributed by atoms with Crippen molar-refractivity contribution in [3.05, 3.63) is 35.9 Å². The lowest BCUT2D eigenvalue weighted by atomic mass is 9.96. The third-order valence-corrected chi connectivity index (χ3v) is 5.67. The van der Waals surface area contributed by atoms with Gasteiger partial charge in [-0.25, -0.2) is 0 Å². The fraction of sp³-hybridized carbons (Fsp3) is 0.632. The number of guanidine groups is 1. The second-order valence-corrected chi connectivity index (χ2v) is 7.29. The van der Waals surface area contributed by atoms with Crippen molar-refractivity contribution in [2.45, 2.75) is 37.4 Å². The van der Waals surface area contributed by atoms with Crippen LogP contribution in [-0.2, 0) is 5.41 Å². The predicted octanol–water partition coefficient (Wildman–Crippen LogP) is 2.86. The molecule has 4 nitrogen and oxygen atoms in total. The molecular weight excluding hydrogens is 341 g/mol. The van der Waals surface area contributed by atoms with E-state index in [2.05, 4.69) is 39.5 Å². The first-order valence-electron chi connectivity index (χ1n) is 9.18. The highest BCUT2D eigenvalue weighted by atomic mass is 19.4. The predicted molar refractivity (Wildman–Crippen MR) is 97.4 cm³/mol. The van der Waals surface area contributed by atoms with Crippen molar-refractivity contribution < 1.29 is 13.2 Å². The summed E-state index contributed by atoms with van der Waals surface area (Å²) in [6, 6.07) is 9.07. The molecule has 1 saturated carbocycles. The fourth-order valence-electron chi connectivity index (χ4n) is 3.62. The van der Waals surface area contributed by atoms with Crippen molar-refractivity contribution in [2.24, 2.45) is 4.99 Å². The Morgan fingerprint density at radius 2 is 1.77 bits per heavy atom. The summed E-state index contributed by atoms with van der Waals surface area (Å²) in [4.78, 5) is 7.90. The van der Waals surface area contributed by atoms with E-state index in [1.807, 2.05) is 6.07 Å². The first-order valence-corrected chi connectivity index (χ1v) is 9.18. The van der Waals surface area contributed by atoms with Gasteiger partial charge in [-0.3, -0.25) is 9.89 Å². The molecule has 0 bridgehead atoms. The van der Waals surface area contributed by atoms with Crippen molar-refractivity contribution in [2.75, 3.05) is 39.8 Å². The molecule has 1 heterocycles. The molecule has 0 amide bonds. The Balaban J connectivity index is 1.53. The average molecular weight is 368 g/mol. The number of nitrogens with zero attached hydrogens (tertiary/aromatic N) is 3. The smallest absolute Gasteiger partial charge is 0.355 e. The Morgan fingerprint density at radius 3 is 2.27 bits per heavy atom. The molecule has 2 fully saturated rings. The molecule has 144 valence electrons. The van der Waals surface area contributed by atoms with Gasteiger partial charge in [-0.1, -0.05) is 30.3 Å². The maximum atomic E-state index is 12.9. The Morgan fingerprint density at radius 1 is 1.15 bits per heavy atom. The van der Waals surface area contributed by atoms with Gasteiger partial charge in [-0.2, -0.15) is 13.2 Å². The highest BCUT2D eigenvalue weighted by Gasteiger charge is 2.44. The first kappa shape index (κ1) is 19.0. The molecule has 0 aromatic heterocycles. The summed E-state index contributed by atoms with van der Waals surface area (Å²) < 4.78 is 38.7. The fourth-order valence-corrected chi connectivity index (χ4v) is 3.62. The Labute approximate surface area is 153 Å². The van der Waals surface area contributed by atoms with Gasteiger partial charge in [0, 0.05) is 45.2 Å². The molecule has 0 radical (unpaired) electrons. The van der Waals surface area contributed by atoms with Crippen LogP contribution >= 0.6 is 0 Å². The van der Waals surface area contributed by atoms with Gasteiger partial charge in [0.2, 0.25) is 0 Å². The Kier molecular flexibility index (Phi) is 5.46. The molecule has 3 rings (SSSR count). The molecule has 1 aromatic carbocycles. The highest BCUT2D eigenvalue weighted by molar-refractivity contribution is 5.80. The van der Waals surface area contributed by atoms with E-state index in [4.69, 9.17) is 0 Å². The summed E-state index contributed by atoms with van der Waals surface area (Å²) in [5, 5.41) is 3.45. The van der Waals surface area contributed by atoms with Crippen LogP contribution in [0.2, 0.25) is 0 Å². The van der Waals surface area contributed by atoms with Crippen molar-refractivity contribution in [1.82, 2.24) is 15.1 Å². The molecule has 1 aliphatic carbocycles. The van der Waals surface area contributed by atoms with Crippen LogP contribution in [0, 0.1) is 0 Å². The lowest BCUT2D eigenvalue weighted by Gasteiger charge is -2.40. The third kappa shape index (κ3) is 4.14. The van der Waals surface area contributed by atoms with E-state index in [0.29, 0.717) is 26.2 Å². The molecule has 1 N–H and O–H groups in total. The van der Waals surface area contributed by atoms with Crippen LogP contribution < -0.4 is 5.32 Å². The van der Waals surface area contributed by atoms with Gasteiger partial charge in [0.25, 0.3) is 0 Å². The van der Waals surface area contributed by atoms with Crippen LogP contribution in [0.25, 0.3) is 0 Å². The van der Waals surface area contributed by atoms with E-state index in [1.54, 1.807) is 7.05 Å². The van der Waals surface area contributed by atoms with Crippen molar-refractivity contribution in [3.8, 4) is 0 Å². The average Bonchev–Trinajstić information content (AvgIpc) is 3.43. The molecular formula is C19H27F3N4. The molecule has 7 heteroatoms. The number of alkyl halides is 3. The van der Waals surface area contributed by atoms with E-state index >= 15 is 0 Å². The molecule has 1 aliphatic heterocycles. The summed E-state index contributed by atoms with van der Waals surface area (Å²) in [5.41, 5.74) is 1.51. The Hall–Kier alpha value is -1.76. The maximum Gasteiger partial charge on any atom is 0.403 e. The lowest BCUT2D eigenvalue weighted by Crippen LogP contribution is -2.57. The van der Waals surface area contributed by atoms with Crippen LogP contribution in [0.1, 0.15) is 25.3 Å². The number of aliphatic imine (C=N–C) groups is 1. The van der Waals surface area contributed by atoms with Crippen LogP contribution in [0.5, 0.6) is 0 Å². The summed E-state index contributed by atoms with van der Waals surface area (Å²) in [5.74, 6) is 0.784. The number of rotatable bonds is 4. The minimum Gasteiger partial charge on any atom is -0.355 e. The molecule has 1 saturated heterocycles. The summed E-state index contributed by atoms with van der Waals surface area (Å²) in [6.07, 6.45) is -1.87. The van der Waals surface area contributed by atoms with Gasteiger partial charge in [0.15, 0.2) is 5.96 Å². The Bertz CT molecular complexity index is 617. The van der Waals surface area contributed by atoms with Crippen LogP contribution in [0.15, 0.2) is 35.3 Å². The second kappa shape index (κ2) is 7.47. The topological polar surface area (TPSA) is 30.9 Å². The van der Waals surface area contributed by atoms with E-state index in [1.165, 1.54) is 17.4 Å². The summed E-state index contributed by atoms with van der Waals surface area (Å²) >= 11 is 0. The SMILES string of the molecule is CN=C(NCC1(c2ccccc2)CC1)N1CCN(C(C)C(F)(F)F)CC1. The summed E-state index contributed by atoms with van der Waals surface area (Å²) in [7, 11) is 1.73. The van der Waals surface area contributed by atoms with Gasteiger partial charge in [0.05, 0.1) is 0 Å².